The van der Waals surface area contributed by atoms with Gasteiger partial charge in [0.15, 0.2) is 5.96 Å². The molecule has 17 nitrogen and oxygen atoms in total. The molecule has 54 heavy (non-hydrogen) atoms. The molecule has 2 atom stereocenters. The third kappa shape index (κ3) is 13.9. The van der Waals surface area contributed by atoms with Gasteiger partial charge in [-0.05, 0) is 61.9 Å². The second kappa shape index (κ2) is 21.6. The first kappa shape index (κ1) is 42.5. The van der Waals surface area contributed by atoms with Crippen molar-refractivity contribution in [3.05, 3.63) is 60.2 Å². The molecule has 0 radical (unpaired) electrons. The van der Waals surface area contributed by atoms with E-state index in [1.54, 1.807) is 19.2 Å². The van der Waals surface area contributed by atoms with E-state index < -0.39 is 60.2 Å². The van der Waals surface area contributed by atoms with Crippen molar-refractivity contribution in [2.24, 2.45) is 22.2 Å². The molecule has 2 aromatic rings. The number of anilines is 1. The minimum absolute atomic E-state index is 0.0775. The molecule has 0 bridgehead atoms. The number of primary amides is 1. The number of rotatable bonds is 21. The molecule has 17 heteroatoms. The van der Waals surface area contributed by atoms with Crippen LogP contribution in [0.2, 0.25) is 0 Å². The fourth-order valence-corrected chi connectivity index (χ4v) is 5.95. The van der Waals surface area contributed by atoms with Crippen LogP contribution in [0.1, 0.15) is 57.4 Å². The molecule has 0 aromatic heterocycles. The van der Waals surface area contributed by atoms with Gasteiger partial charge in [-0.25, -0.2) is 0 Å². The van der Waals surface area contributed by atoms with Gasteiger partial charge in [0, 0.05) is 38.2 Å². The number of nitrogens with zero attached hydrogens (tertiary/aromatic N) is 2. The molecule has 0 aliphatic carbocycles. The summed E-state index contributed by atoms with van der Waals surface area (Å²) in [7, 11) is 1.59. The van der Waals surface area contributed by atoms with E-state index in [1.165, 1.54) is 0 Å². The Morgan fingerprint density at radius 3 is 2.13 bits per heavy atom. The monoisotopic (exact) mass is 750 g/mol. The molecular formula is C37H54N10O7. The number of benzene rings is 2. The summed E-state index contributed by atoms with van der Waals surface area (Å²) in [6.45, 7) is 2.16. The normalized spacial score (nSPS) is 14.4. The summed E-state index contributed by atoms with van der Waals surface area (Å²) < 4.78 is 5.29. The number of ether oxygens (including phenoxy) is 1. The van der Waals surface area contributed by atoms with Gasteiger partial charge in [-0.3, -0.25) is 33.8 Å². The van der Waals surface area contributed by atoms with Crippen LogP contribution >= 0.6 is 0 Å². The molecule has 3 rings (SSSR count). The van der Waals surface area contributed by atoms with Crippen LogP contribution in [0.3, 0.4) is 0 Å². The van der Waals surface area contributed by atoms with Crippen LogP contribution in [0.15, 0.2) is 59.6 Å². The highest BCUT2D eigenvalue weighted by Gasteiger charge is 2.44. The van der Waals surface area contributed by atoms with Crippen LogP contribution in [0.25, 0.3) is 0 Å². The number of amides is 6. The fraction of sp³-hybridized carbons (Fsp3) is 0.486. The van der Waals surface area contributed by atoms with Gasteiger partial charge >= 0.3 is 0 Å². The number of piperidine rings is 1. The van der Waals surface area contributed by atoms with E-state index in [0.29, 0.717) is 19.5 Å². The number of nitrogens with two attached hydrogens (primary N) is 3. The number of hydrogen-bond donors (Lipinski definition) is 8. The van der Waals surface area contributed by atoms with Crippen molar-refractivity contribution in [1.82, 2.24) is 26.6 Å². The molecule has 0 spiro atoms. The zero-order chi connectivity index (χ0) is 39.5. The third-order valence-corrected chi connectivity index (χ3v) is 8.99. The van der Waals surface area contributed by atoms with E-state index in [4.69, 9.17) is 21.9 Å². The number of unbranched alkanes of at least 4 members (excludes halogenated alkanes) is 1. The summed E-state index contributed by atoms with van der Waals surface area (Å²) in [6, 6.07) is 14.3. The van der Waals surface area contributed by atoms with Crippen LogP contribution in [-0.2, 0) is 35.2 Å². The highest BCUT2D eigenvalue weighted by atomic mass is 16.5. The molecule has 2 aromatic carbocycles. The number of aliphatic imine (C=N–C) groups is 1. The van der Waals surface area contributed by atoms with Crippen LogP contribution < -0.4 is 53.4 Å². The van der Waals surface area contributed by atoms with Crippen LogP contribution in [0.4, 0.5) is 5.69 Å². The molecule has 1 fully saturated rings. The number of carbonyl (C=O) groups excluding carboxylic acids is 6. The Morgan fingerprint density at radius 2 is 1.52 bits per heavy atom. The van der Waals surface area contributed by atoms with Crippen LogP contribution in [0.5, 0.6) is 5.75 Å². The number of nitrogens with one attached hydrogen (secondary N) is 5. The maximum Gasteiger partial charge on any atom is 0.246 e. The van der Waals surface area contributed by atoms with E-state index in [1.807, 2.05) is 49.4 Å². The summed E-state index contributed by atoms with van der Waals surface area (Å²) in [5.74, 6) is -2.95. The molecule has 1 aliphatic rings. The summed E-state index contributed by atoms with van der Waals surface area (Å²) in [5.41, 5.74) is 16.3. The van der Waals surface area contributed by atoms with Crippen molar-refractivity contribution in [3.63, 3.8) is 0 Å². The Morgan fingerprint density at radius 1 is 0.833 bits per heavy atom. The first-order valence-electron chi connectivity index (χ1n) is 18.1. The fourth-order valence-electron chi connectivity index (χ4n) is 5.95. The molecule has 6 amide bonds. The van der Waals surface area contributed by atoms with E-state index in [2.05, 4.69) is 36.5 Å². The number of guanidine groups is 1. The lowest BCUT2D eigenvalue weighted by atomic mass is 9.85. The Labute approximate surface area is 315 Å². The SMILES string of the molecule is CCCCC(=O)NC1(C(=O)NC(Cc2ccccc2)C(=O)NC(CCCN=C(N)N)C(=O)NCC(=O)NCC(N)=O)CCN(c2ccc(OC)cc2)CC1. The molecule has 1 aliphatic heterocycles. The van der Waals surface area contributed by atoms with Gasteiger partial charge in [-0.1, -0.05) is 43.7 Å². The number of carbonyl (C=O) groups is 6. The van der Waals surface area contributed by atoms with Gasteiger partial charge in [0.2, 0.25) is 35.4 Å². The molecule has 1 saturated heterocycles. The van der Waals surface area contributed by atoms with E-state index >= 15 is 0 Å². The predicted octanol–water partition coefficient (Wildman–Crippen LogP) is -0.676. The average molecular weight is 751 g/mol. The Kier molecular flexibility index (Phi) is 17.0. The van der Waals surface area contributed by atoms with Gasteiger partial charge in [0.05, 0.1) is 20.2 Å². The van der Waals surface area contributed by atoms with E-state index in [0.717, 1.165) is 23.4 Å². The minimum Gasteiger partial charge on any atom is -0.497 e. The summed E-state index contributed by atoms with van der Waals surface area (Å²) in [6.07, 6.45) is 2.70. The largest absolute Gasteiger partial charge is 0.497 e. The van der Waals surface area contributed by atoms with Gasteiger partial charge < -0.3 is 53.4 Å². The topological polar surface area (TPSA) is 265 Å². The van der Waals surface area contributed by atoms with E-state index in [9.17, 15) is 28.8 Å². The van der Waals surface area contributed by atoms with Crippen molar-refractivity contribution in [2.75, 3.05) is 44.7 Å². The maximum atomic E-state index is 14.4. The summed E-state index contributed by atoms with van der Waals surface area (Å²) in [5, 5.41) is 13.4. The van der Waals surface area contributed by atoms with Gasteiger partial charge in [-0.15, -0.1) is 0 Å². The smallest absolute Gasteiger partial charge is 0.246 e. The predicted molar refractivity (Wildman–Crippen MR) is 204 cm³/mol. The van der Waals surface area contributed by atoms with Gasteiger partial charge in [-0.2, -0.15) is 0 Å². The Bertz CT molecular complexity index is 1590. The summed E-state index contributed by atoms with van der Waals surface area (Å²) in [4.78, 5) is 84.2. The van der Waals surface area contributed by atoms with Crippen molar-refractivity contribution in [3.8, 4) is 5.75 Å². The quantitative estimate of drug-likeness (QED) is 0.0453. The van der Waals surface area contributed by atoms with Gasteiger partial charge in [0.25, 0.3) is 0 Å². The Balaban J connectivity index is 1.85. The average Bonchev–Trinajstić information content (AvgIpc) is 3.16. The molecular weight excluding hydrogens is 696 g/mol. The van der Waals surface area contributed by atoms with Crippen LogP contribution in [0, 0.1) is 0 Å². The lowest BCUT2D eigenvalue weighted by Crippen LogP contribution is -2.66. The first-order valence-corrected chi connectivity index (χ1v) is 18.1. The zero-order valence-electron chi connectivity index (χ0n) is 31.0. The van der Waals surface area contributed by atoms with E-state index in [-0.39, 0.29) is 56.9 Å². The molecule has 11 N–H and O–H groups in total. The zero-order valence-corrected chi connectivity index (χ0v) is 31.0. The molecule has 294 valence electrons. The lowest BCUT2D eigenvalue weighted by molar-refractivity contribution is -0.137. The molecule has 0 saturated carbocycles. The highest BCUT2D eigenvalue weighted by molar-refractivity contribution is 5.97. The van der Waals surface area contributed by atoms with Crippen molar-refractivity contribution >= 4 is 47.1 Å². The van der Waals surface area contributed by atoms with Crippen LogP contribution in [-0.4, -0.2) is 98.9 Å². The maximum absolute atomic E-state index is 14.4. The standard InChI is InChI=1S/C37H54N10O7/c1-3-4-12-31(49)46-37(17-20-47(21-18-37)26-13-15-27(54-2)16-14-26)35(53)45-29(22-25-9-6-5-7-10-25)34(52)44-28(11-8-19-41-36(39)40)33(51)43-24-32(50)42-23-30(38)48/h5-7,9-10,13-16,28-29H,3-4,8,11-12,17-24H2,1-2H3,(H2,38,48)(H,42,50)(H,43,51)(H,44,52)(H,45,53)(H,46,49)(H4,39,40,41). The summed E-state index contributed by atoms with van der Waals surface area (Å²) >= 11 is 0. The minimum atomic E-state index is -1.31. The highest BCUT2D eigenvalue weighted by Crippen LogP contribution is 2.29. The van der Waals surface area contributed by atoms with Crippen molar-refractivity contribution in [2.45, 2.75) is 75.9 Å². The number of methoxy groups -OCH3 is 1. The second-order valence-electron chi connectivity index (χ2n) is 13.1. The second-order valence-corrected chi connectivity index (χ2v) is 13.1. The third-order valence-electron chi connectivity index (χ3n) is 8.99. The van der Waals surface area contributed by atoms with Crippen molar-refractivity contribution < 1.29 is 33.5 Å². The van der Waals surface area contributed by atoms with Gasteiger partial charge in [0.1, 0.15) is 23.4 Å². The lowest BCUT2D eigenvalue weighted by Gasteiger charge is -2.42. The Hall–Kier alpha value is -5.87. The number of hydrogen-bond acceptors (Lipinski definition) is 9. The molecule has 2 unspecified atom stereocenters. The van der Waals surface area contributed by atoms with Crippen molar-refractivity contribution in [1.29, 1.82) is 0 Å². The molecule has 1 heterocycles. The first-order chi connectivity index (χ1) is 25.8.